The quantitative estimate of drug-likeness (QED) is 0.397. The first-order valence-electron chi connectivity index (χ1n) is 13.5. The second kappa shape index (κ2) is 10.9. The zero-order valence-corrected chi connectivity index (χ0v) is 24.1. The van der Waals surface area contributed by atoms with Crippen molar-refractivity contribution in [1.82, 2.24) is 15.2 Å². The number of terminal acetylenes is 1. The number of H-pyrrole nitrogens is 1. The molecule has 8 nitrogen and oxygen atoms in total. The van der Waals surface area contributed by atoms with Crippen molar-refractivity contribution in [2.45, 2.75) is 75.8 Å². The fourth-order valence-electron chi connectivity index (χ4n) is 6.08. The summed E-state index contributed by atoms with van der Waals surface area (Å²) in [6.07, 6.45) is 12.3. The first-order valence-corrected chi connectivity index (χ1v) is 14.7. The molecule has 1 aliphatic carbocycles. The van der Waals surface area contributed by atoms with Crippen molar-refractivity contribution in [2.75, 3.05) is 26.5 Å². The van der Waals surface area contributed by atoms with Gasteiger partial charge in [0.2, 0.25) is 0 Å². The van der Waals surface area contributed by atoms with Gasteiger partial charge >= 0.3 is 0 Å². The van der Waals surface area contributed by atoms with E-state index in [9.17, 15) is 9.59 Å². The van der Waals surface area contributed by atoms with E-state index >= 15 is 0 Å². The number of ether oxygens (including phenoxy) is 3. The summed E-state index contributed by atoms with van der Waals surface area (Å²) in [5.41, 5.74) is 2.68. The number of likely N-dealkylation sites (tertiary alicyclic amines) is 1. The maximum absolute atomic E-state index is 13.3. The molecule has 0 radical (unpaired) electrons. The average molecular weight is 552 g/mol. The van der Waals surface area contributed by atoms with Crippen molar-refractivity contribution >= 4 is 17.7 Å². The van der Waals surface area contributed by atoms with Gasteiger partial charge in [0.05, 0.1) is 11.7 Å². The molecule has 2 aliphatic heterocycles. The zero-order valence-electron chi connectivity index (χ0n) is 23.3. The Bertz CT molecular complexity index is 1370. The molecule has 2 aromatic rings. The monoisotopic (exact) mass is 551 g/mol. The van der Waals surface area contributed by atoms with Crippen LogP contribution in [0.2, 0.25) is 0 Å². The summed E-state index contributed by atoms with van der Waals surface area (Å²) in [6.45, 7) is 7.79. The number of nitrogens with zero attached hydrogens (tertiary/aromatic N) is 1. The average Bonchev–Trinajstić information content (AvgIpc) is 3.27. The number of hydrogen-bond acceptors (Lipinski definition) is 7. The number of rotatable bonds is 7. The normalized spacial score (nSPS) is 24.7. The Balaban J connectivity index is 1.30. The molecule has 1 unspecified atom stereocenters. The van der Waals surface area contributed by atoms with Gasteiger partial charge in [-0.1, -0.05) is 5.92 Å². The Hall–Kier alpha value is -2.93. The number of fused-ring (bicyclic) bond motifs is 1. The van der Waals surface area contributed by atoms with Crippen molar-refractivity contribution < 1.29 is 19.0 Å². The van der Waals surface area contributed by atoms with Crippen LogP contribution in [0.3, 0.4) is 0 Å². The number of methoxy groups -OCH3 is 1. The standard InChI is InChI=1S/C30H37N3O5S/c1-7-19-13-23(28(34)31-14-24-25(39-6)12-17(2)32-29(24)35)18(3)26-27(19)38-30(4,37-26)20-8-10-21(11-9-20)33-15-22(16-33)36-5/h1,12-13,20-22H,8-11,14-16H2,2-6H3,(H,31,34)(H,32,35). The molecule has 1 amide bonds. The number of aromatic amines is 1. The summed E-state index contributed by atoms with van der Waals surface area (Å²) in [5, 5.41) is 2.90. The summed E-state index contributed by atoms with van der Waals surface area (Å²) in [6, 6.07) is 4.16. The van der Waals surface area contributed by atoms with Gasteiger partial charge in [0.25, 0.3) is 17.3 Å². The molecule has 1 saturated carbocycles. The van der Waals surface area contributed by atoms with Crippen molar-refractivity contribution in [3.63, 3.8) is 0 Å². The second-order valence-electron chi connectivity index (χ2n) is 10.9. The summed E-state index contributed by atoms with van der Waals surface area (Å²) < 4.78 is 18.4. The first-order chi connectivity index (χ1) is 18.7. The summed E-state index contributed by atoms with van der Waals surface area (Å²) >= 11 is 1.47. The molecule has 1 aromatic carbocycles. The minimum atomic E-state index is -0.842. The Labute approximate surface area is 234 Å². The SMILES string of the molecule is C#Cc1cc(C(=O)NCc2c(SC)cc(C)[nH]c2=O)c(C)c2c1OC(C)(C1CCC(N3CC(OC)C3)CC1)O2. The fourth-order valence-corrected chi connectivity index (χ4v) is 6.78. The zero-order chi connectivity index (χ0) is 27.9. The number of benzene rings is 1. The number of thioether (sulfide) groups is 1. The minimum absolute atomic E-state index is 0.104. The van der Waals surface area contributed by atoms with E-state index in [-0.39, 0.29) is 23.9 Å². The third-order valence-electron chi connectivity index (χ3n) is 8.53. The number of hydrogen-bond donors (Lipinski definition) is 2. The lowest BCUT2D eigenvalue weighted by molar-refractivity contribution is -0.130. The highest BCUT2D eigenvalue weighted by atomic mass is 32.2. The highest BCUT2D eigenvalue weighted by Gasteiger charge is 2.48. The molecular formula is C30H37N3O5S. The number of carbonyl (C=O) groups excluding carboxylic acids is 1. The van der Waals surface area contributed by atoms with Gasteiger partial charge in [-0.15, -0.1) is 18.2 Å². The van der Waals surface area contributed by atoms with Gasteiger partial charge < -0.3 is 24.5 Å². The van der Waals surface area contributed by atoms with E-state index < -0.39 is 5.79 Å². The Morgan fingerprint density at radius 1 is 1.23 bits per heavy atom. The number of aromatic nitrogens is 1. The number of nitrogens with one attached hydrogen (secondary N) is 2. The maximum atomic E-state index is 13.3. The molecule has 2 fully saturated rings. The van der Waals surface area contributed by atoms with Crippen LogP contribution >= 0.6 is 11.8 Å². The molecule has 0 spiro atoms. The van der Waals surface area contributed by atoms with Crippen LogP contribution in [0.1, 0.15) is 65.3 Å². The van der Waals surface area contributed by atoms with Crippen molar-refractivity contribution in [3.05, 3.63) is 50.4 Å². The smallest absolute Gasteiger partial charge is 0.254 e. The molecule has 3 heterocycles. The first kappa shape index (κ1) is 27.6. The van der Waals surface area contributed by atoms with Gasteiger partial charge in [-0.3, -0.25) is 14.5 Å². The third kappa shape index (κ3) is 5.18. The molecule has 0 bridgehead atoms. The topological polar surface area (TPSA) is 92.9 Å². The van der Waals surface area contributed by atoms with Crippen LogP contribution in [0.15, 0.2) is 21.8 Å². The van der Waals surface area contributed by atoms with Crippen LogP contribution in [0.25, 0.3) is 0 Å². The lowest BCUT2D eigenvalue weighted by atomic mass is 9.80. The van der Waals surface area contributed by atoms with Crippen molar-refractivity contribution in [1.29, 1.82) is 0 Å². The molecule has 39 heavy (non-hydrogen) atoms. The second-order valence-corrected chi connectivity index (χ2v) is 11.8. The molecule has 1 saturated heterocycles. The Morgan fingerprint density at radius 3 is 2.56 bits per heavy atom. The van der Waals surface area contributed by atoms with Gasteiger partial charge in [0, 0.05) is 72.9 Å². The molecule has 2 N–H and O–H groups in total. The van der Waals surface area contributed by atoms with Gasteiger partial charge in [0.15, 0.2) is 11.5 Å². The summed E-state index contributed by atoms with van der Waals surface area (Å²) in [5.74, 6) is 2.79. The van der Waals surface area contributed by atoms with Crippen LogP contribution < -0.4 is 20.3 Å². The number of pyridine rings is 1. The van der Waals surface area contributed by atoms with E-state index in [1.165, 1.54) is 11.8 Å². The van der Waals surface area contributed by atoms with Crippen LogP contribution in [0.4, 0.5) is 0 Å². The Kier molecular flexibility index (Phi) is 7.73. The van der Waals surface area contributed by atoms with E-state index in [0.717, 1.165) is 49.4 Å². The molecular weight excluding hydrogens is 514 g/mol. The van der Waals surface area contributed by atoms with E-state index in [0.29, 0.717) is 45.9 Å². The molecule has 208 valence electrons. The number of amides is 1. The van der Waals surface area contributed by atoms with Crippen LogP contribution in [0, 0.1) is 32.1 Å². The molecule has 5 rings (SSSR count). The predicted molar refractivity (Wildman–Crippen MR) is 152 cm³/mol. The van der Waals surface area contributed by atoms with Crippen LogP contribution in [0.5, 0.6) is 11.5 Å². The van der Waals surface area contributed by atoms with Crippen LogP contribution in [-0.2, 0) is 11.3 Å². The van der Waals surface area contributed by atoms with Crippen molar-refractivity contribution in [2.24, 2.45) is 5.92 Å². The molecule has 1 atom stereocenters. The largest absolute Gasteiger partial charge is 0.448 e. The predicted octanol–water partition coefficient (Wildman–Crippen LogP) is 4.00. The Morgan fingerprint density at radius 2 is 1.92 bits per heavy atom. The van der Waals surface area contributed by atoms with E-state index in [2.05, 4.69) is 21.1 Å². The third-order valence-corrected chi connectivity index (χ3v) is 9.34. The van der Waals surface area contributed by atoms with E-state index in [4.69, 9.17) is 20.6 Å². The van der Waals surface area contributed by atoms with E-state index in [1.54, 1.807) is 13.2 Å². The summed E-state index contributed by atoms with van der Waals surface area (Å²) in [4.78, 5) is 32.0. The van der Waals surface area contributed by atoms with Gasteiger partial charge in [-0.2, -0.15) is 0 Å². The summed E-state index contributed by atoms with van der Waals surface area (Å²) in [7, 11) is 1.78. The van der Waals surface area contributed by atoms with E-state index in [1.807, 2.05) is 33.1 Å². The fraction of sp³-hybridized carbons (Fsp3) is 0.533. The molecule has 3 aliphatic rings. The number of aryl methyl sites for hydroxylation is 1. The maximum Gasteiger partial charge on any atom is 0.254 e. The van der Waals surface area contributed by atoms with Gasteiger partial charge in [0.1, 0.15) is 0 Å². The molecule has 9 heteroatoms. The highest BCUT2D eigenvalue weighted by molar-refractivity contribution is 7.98. The minimum Gasteiger partial charge on any atom is -0.448 e. The van der Waals surface area contributed by atoms with Crippen LogP contribution in [-0.4, -0.2) is 60.2 Å². The number of carbonyl (C=O) groups is 1. The van der Waals surface area contributed by atoms with Gasteiger partial charge in [-0.05, 0) is 57.9 Å². The highest BCUT2D eigenvalue weighted by Crippen LogP contribution is 2.50. The lowest BCUT2D eigenvalue weighted by Crippen LogP contribution is -2.57. The molecule has 1 aromatic heterocycles. The van der Waals surface area contributed by atoms with Crippen molar-refractivity contribution in [3.8, 4) is 23.8 Å². The lowest BCUT2D eigenvalue weighted by Gasteiger charge is -2.47. The van der Waals surface area contributed by atoms with Gasteiger partial charge in [-0.25, -0.2) is 0 Å².